The lowest BCUT2D eigenvalue weighted by molar-refractivity contribution is -0.384. The number of hydrogen-bond donors (Lipinski definition) is 1. The molecule has 2 aromatic rings. The first-order chi connectivity index (χ1) is 10.0. The average Bonchev–Trinajstić information content (AvgIpc) is 2.48. The molecular weight excluding hydrogens is 292 g/mol. The molecule has 0 aromatic heterocycles. The van der Waals surface area contributed by atoms with Crippen LogP contribution in [0.4, 0.5) is 5.69 Å². The molecule has 0 spiro atoms. The molecule has 0 fully saturated rings. The number of carboxylic acid groups (broad SMARTS) is 1. The minimum atomic E-state index is -1.13. The van der Waals surface area contributed by atoms with Crippen LogP contribution in [0.25, 0.3) is 0 Å². The van der Waals surface area contributed by atoms with Crippen LogP contribution in [0, 0.1) is 21.4 Å². The highest BCUT2D eigenvalue weighted by Crippen LogP contribution is 2.32. The molecule has 0 bridgehead atoms. The van der Waals surface area contributed by atoms with Crippen molar-refractivity contribution in [3.63, 3.8) is 0 Å². The molecule has 0 saturated heterocycles. The fourth-order valence-corrected chi connectivity index (χ4v) is 2.54. The fraction of sp³-hybridized carbons (Fsp3) is 0. The van der Waals surface area contributed by atoms with Gasteiger partial charge in [-0.2, -0.15) is 5.26 Å². The molecule has 104 valence electrons. The standard InChI is InChI=1S/C14H8N2O4S/c15-8-9-1-6-13(12(7-9)14(17)18)21-11-4-2-10(3-5-11)16(19)20/h1-7H,(H,17,18). The lowest BCUT2D eigenvalue weighted by Crippen LogP contribution is -1.99. The Morgan fingerprint density at radius 3 is 2.43 bits per heavy atom. The maximum absolute atomic E-state index is 11.2. The zero-order valence-electron chi connectivity index (χ0n) is 10.5. The first-order valence-corrected chi connectivity index (χ1v) is 6.52. The number of non-ortho nitro benzene ring substituents is 1. The fourth-order valence-electron chi connectivity index (χ4n) is 1.62. The Balaban J connectivity index is 2.33. The number of carboxylic acids is 1. The van der Waals surface area contributed by atoms with Gasteiger partial charge in [-0.1, -0.05) is 11.8 Å². The van der Waals surface area contributed by atoms with Crippen molar-refractivity contribution >= 4 is 23.4 Å². The summed E-state index contributed by atoms with van der Waals surface area (Å²) in [4.78, 5) is 22.4. The Morgan fingerprint density at radius 2 is 1.90 bits per heavy atom. The van der Waals surface area contributed by atoms with E-state index in [1.165, 1.54) is 36.0 Å². The number of nitriles is 1. The van der Waals surface area contributed by atoms with Crippen LogP contribution in [-0.2, 0) is 0 Å². The van der Waals surface area contributed by atoms with E-state index >= 15 is 0 Å². The van der Waals surface area contributed by atoms with Crippen molar-refractivity contribution in [1.82, 2.24) is 0 Å². The highest BCUT2D eigenvalue weighted by Gasteiger charge is 2.13. The van der Waals surface area contributed by atoms with Gasteiger partial charge in [0.2, 0.25) is 0 Å². The molecule has 0 radical (unpaired) electrons. The molecule has 0 amide bonds. The van der Waals surface area contributed by atoms with Crippen molar-refractivity contribution in [2.45, 2.75) is 9.79 Å². The maximum atomic E-state index is 11.2. The van der Waals surface area contributed by atoms with Crippen LogP contribution >= 0.6 is 11.8 Å². The van der Waals surface area contributed by atoms with Gasteiger partial charge in [0.1, 0.15) is 0 Å². The Morgan fingerprint density at radius 1 is 1.24 bits per heavy atom. The van der Waals surface area contributed by atoms with E-state index in [1.807, 2.05) is 6.07 Å². The summed E-state index contributed by atoms with van der Waals surface area (Å²) in [6, 6.07) is 12.1. The van der Waals surface area contributed by atoms with Gasteiger partial charge in [-0.3, -0.25) is 10.1 Å². The van der Waals surface area contributed by atoms with Crippen LogP contribution in [0.3, 0.4) is 0 Å². The van der Waals surface area contributed by atoms with Crippen molar-refractivity contribution < 1.29 is 14.8 Å². The summed E-state index contributed by atoms with van der Waals surface area (Å²) in [7, 11) is 0. The number of aromatic carboxylic acids is 1. The molecule has 0 unspecified atom stereocenters. The number of carbonyl (C=O) groups is 1. The van der Waals surface area contributed by atoms with Gasteiger partial charge in [0.25, 0.3) is 5.69 Å². The van der Waals surface area contributed by atoms with Gasteiger partial charge in [-0.05, 0) is 30.3 Å². The highest BCUT2D eigenvalue weighted by molar-refractivity contribution is 7.99. The quantitative estimate of drug-likeness (QED) is 0.686. The predicted octanol–water partition coefficient (Wildman–Crippen LogP) is 3.32. The predicted molar refractivity (Wildman–Crippen MR) is 75.3 cm³/mol. The molecule has 0 heterocycles. The smallest absolute Gasteiger partial charge is 0.336 e. The Hall–Kier alpha value is -2.85. The van der Waals surface area contributed by atoms with Crippen molar-refractivity contribution in [2.75, 3.05) is 0 Å². The summed E-state index contributed by atoms with van der Waals surface area (Å²) in [6.45, 7) is 0. The van der Waals surface area contributed by atoms with Crippen LogP contribution in [-0.4, -0.2) is 16.0 Å². The van der Waals surface area contributed by atoms with E-state index in [4.69, 9.17) is 10.4 Å². The van der Waals surface area contributed by atoms with Gasteiger partial charge < -0.3 is 5.11 Å². The monoisotopic (exact) mass is 300 g/mol. The first-order valence-electron chi connectivity index (χ1n) is 5.71. The second-order valence-electron chi connectivity index (χ2n) is 3.98. The lowest BCUT2D eigenvalue weighted by Gasteiger charge is -2.06. The number of rotatable bonds is 4. The SMILES string of the molecule is N#Cc1ccc(Sc2ccc([N+](=O)[O-])cc2)c(C(=O)O)c1. The average molecular weight is 300 g/mol. The van der Waals surface area contributed by atoms with Crippen molar-refractivity contribution in [3.8, 4) is 6.07 Å². The molecule has 0 atom stereocenters. The Labute approximate surface area is 123 Å². The van der Waals surface area contributed by atoms with E-state index in [2.05, 4.69) is 0 Å². The van der Waals surface area contributed by atoms with Crippen molar-refractivity contribution in [2.24, 2.45) is 0 Å². The molecule has 2 rings (SSSR count). The molecule has 0 aliphatic heterocycles. The largest absolute Gasteiger partial charge is 0.478 e. The van der Waals surface area contributed by atoms with Crippen LogP contribution in [0.2, 0.25) is 0 Å². The summed E-state index contributed by atoms with van der Waals surface area (Å²) in [5, 5.41) is 28.5. The van der Waals surface area contributed by atoms with Crippen LogP contribution < -0.4 is 0 Å². The summed E-state index contributed by atoms with van der Waals surface area (Å²) < 4.78 is 0. The molecule has 7 heteroatoms. The third kappa shape index (κ3) is 3.38. The number of nitro benzene ring substituents is 1. The number of benzene rings is 2. The Kier molecular flexibility index (Phi) is 4.21. The number of hydrogen-bond acceptors (Lipinski definition) is 5. The topological polar surface area (TPSA) is 104 Å². The minimum absolute atomic E-state index is 0.0254. The van der Waals surface area contributed by atoms with Gasteiger partial charge in [0.05, 0.1) is 22.1 Å². The molecule has 2 aromatic carbocycles. The normalized spacial score (nSPS) is 9.86. The molecule has 0 aliphatic carbocycles. The lowest BCUT2D eigenvalue weighted by atomic mass is 10.1. The van der Waals surface area contributed by atoms with Gasteiger partial charge >= 0.3 is 5.97 Å². The highest BCUT2D eigenvalue weighted by atomic mass is 32.2. The maximum Gasteiger partial charge on any atom is 0.336 e. The van der Waals surface area contributed by atoms with Gasteiger partial charge in [-0.25, -0.2) is 4.79 Å². The van der Waals surface area contributed by atoms with Crippen LogP contribution in [0.15, 0.2) is 52.3 Å². The molecule has 0 aliphatic rings. The number of nitrogens with zero attached hydrogens (tertiary/aromatic N) is 2. The van der Waals surface area contributed by atoms with Crippen LogP contribution in [0.1, 0.15) is 15.9 Å². The zero-order valence-corrected chi connectivity index (χ0v) is 11.3. The Bertz CT molecular complexity index is 751. The van der Waals surface area contributed by atoms with Gasteiger partial charge in [0.15, 0.2) is 0 Å². The van der Waals surface area contributed by atoms with E-state index in [1.54, 1.807) is 18.2 Å². The second-order valence-corrected chi connectivity index (χ2v) is 5.10. The summed E-state index contributed by atoms with van der Waals surface area (Å²) in [6.07, 6.45) is 0. The summed E-state index contributed by atoms with van der Waals surface area (Å²) in [5.41, 5.74) is 0.260. The molecule has 21 heavy (non-hydrogen) atoms. The summed E-state index contributed by atoms with van der Waals surface area (Å²) in [5.74, 6) is -1.13. The molecular formula is C14H8N2O4S. The van der Waals surface area contributed by atoms with Gasteiger partial charge in [-0.15, -0.1) is 0 Å². The summed E-state index contributed by atoms with van der Waals surface area (Å²) >= 11 is 1.17. The van der Waals surface area contributed by atoms with E-state index in [0.29, 0.717) is 9.79 Å². The molecule has 0 saturated carbocycles. The second kappa shape index (κ2) is 6.07. The molecule has 6 nitrogen and oxygen atoms in total. The molecule has 1 N–H and O–H groups in total. The van der Waals surface area contributed by atoms with Gasteiger partial charge in [0, 0.05) is 21.9 Å². The third-order valence-corrected chi connectivity index (χ3v) is 3.70. The van der Waals surface area contributed by atoms with E-state index in [0.717, 1.165) is 0 Å². The van der Waals surface area contributed by atoms with Crippen LogP contribution in [0.5, 0.6) is 0 Å². The van der Waals surface area contributed by atoms with E-state index in [-0.39, 0.29) is 16.8 Å². The third-order valence-electron chi connectivity index (χ3n) is 2.61. The first kappa shape index (κ1) is 14.6. The van der Waals surface area contributed by atoms with Crippen molar-refractivity contribution in [1.29, 1.82) is 5.26 Å². The van der Waals surface area contributed by atoms with Crippen molar-refractivity contribution in [3.05, 3.63) is 63.7 Å². The van der Waals surface area contributed by atoms with E-state index < -0.39 is 10.9 Å². The number of nitro groups is 1. The minimum Gasteiger partial charge on any atom is -0.478 e. The zero-order chi connectivity index (χ0) is 15.4. The van der Waals surface area contributed by atoms with E-state index in [9.17, 15) is 14.9 Å².